The average Bonchev–Trinajstić information content (AvgIpc) is 2.19. The van der Waals surface area contributed by atoms with Gasteiger partial charge in [0.2, 0.25) is 0 Å². The minimum Gasteiger partial charge on any atom is -0.481 e. The fourth-order valence-electron chi connectivity index (χ4n) is 2.62. The molecule has 0 radical (unpaired) electrons. The lowest BCUT2D eigenvalue weighted by Crippen LogP contribution is -2.58. The Kier molecular flexibility index (Phi) is 2.74. The Morgan fingerprint density at radius 2 is 2.00 bits per heavy atom. The minimum absolute atomic E-state index is 0.107. The molecule has 2 fully saturated rings. The van der Waals surface area contributed by atoms with Gasteiger partial charge in [0.25, 0.3) is 0 Å². The summed E-state index contributed by atoms with van der Waals surface area (Å²) in [6.45, 7) is 1.03. The molecule has 14 heavy (non-hydrogen) atoms. The lowest BCUT2D eigenvalue weighted by Gasteiger charge is -2.43. The first-order valence-electron chi connectivity index (χ1n) is 5.45. The van der Waals surface area contributed by atoms with Crippen molar-refractivity contribution in [3.8, 4) is 0 Å². The molecule has 4 nitrogen and oxygen atoms in total. The second-order valence-corrected chi connectivity index (χ2v) is 4.55. The van der Waals surface area contributed by atoms with Crippen molar-refractivity contribution < 1.29 is 9.90 Å². The molecule has 0 aromatic heterocycles. The molecule has 2 rings (SSSR count). The van der Waals surface area contributed by atoms with Crippen molar-refractivity contribution >= 4 is 5.97 Å². The number of hydrogen-bond acceptors (Lipinski definition) is 3. The van der Waals surface area contributed by atoms with Crippen molar-refractivity contribution in [2.75, 3.05) is 6.54 Å². The predicted molar refractivity (Wildman–Crippen MR) is 52.7 cm³/mol. The third-order valence-electron chi connectivity index (χ3n) is 3.60. The smallest absolute Gasteiger partial charge is 0.306 e. The number of carbonyl (C=O) groups is 1. The maximum Gasteiger partial charge on any atom is 0.306 e. The first-order valence-corrected chi connectivity index (χ1v) is 5.45. The summed E-state index contributed by atoms with van der Waals surface area (Å²) in [7, 11) is 0. The summed E-state index contributed by atoms with van der Waals surface area (Å²) in [6.07, 6.45) is 6.03. The molecule has 2 aliphatic rings. The van der Waals surface area contributed by atoms with Gasteiger partial charge < -0.3 is 5.11 Å². The molecule has 1 heterocycles. The van der Waals surface area contributed by atoms with Crippen LogP contribution >= 0.6 is 0 Å². The van der Waals surface area contributed by atoms with Crippen molar-refractivity contribution in [3.05, 3.63) is 0 Å². The third-order valence-corrected chi connectivity index (χ3v) is 3.60. The van der Waals surface area contributed by atoms with E-state index in [1.165, 1.54) is 12.8 Å². The normalized spacial score (nSPS) is 38.4. The summed E-state index contributed by atoms with van der Waals surface area (Å²) in [5.41, 5.74) is 6.74. The molecule has 0 amide bonds. The van der Waals surface area contributed by atoms with Crippen LogP contribution in [0.4, 0.5) is 0 Å². The van der Waals surface area contributed by atoms with Crippen LogP contribution in [0.5, 0.6) is 0 Å². The molecule has 0 aromatic carbocycles. The van der Waals surface area contributed by atoms with Crippen molar-refractivity contribution in [2.24, 2.45) is 5.92 Å². The van der Waals surface area contributed by atoms with Crippen molar-refractivity contribution in [2.45, 2.75) is 44.1 Å². The highest BCUT2D eigenvalue weighted by Gasteiger charge is 2.37. The van der Waals surface area contributed by atoms with E-state index in [4.69, 9.17) is 5.11 Å². The average molecular weight is 198 g/mol. The van der Waals surface area contributed by atoms with Crippen LogP contribution in [0.15, 0.2) is 0 Å². The molecule has 0 aromatic rings. The first-order chi connectivity index (χ1) is 6.72. The standard InChI is InChI=1S/C10H18N2O2/c13-9(14)8-2-5-10(6-3-8)4-1-7-11-12-10/h8,11-12H,1-7H2,(H,13,14). The number of rotatable bonds is 1. The van der Waals surface area contributed by atoms with Crippen LogP contribution in [0, 0.1) is 5.92 Å². The number of carboxylic acids is 1. The maximum absolute atomic E-state index is 10.8. The Bertz CT molecular complexity index is 214. The predicted octanol–water partition coefficient (Wildman–Crippen LogP) is 0.888. The fourth-order valence-corrected chi connectivity index (χ4v) is 2.62. The quantitative estimate of drug-likeness (QED) is 0.585. The Hall–Kier alpha value is -0.610. The summed E-state index contributed by atoms with van der Waals surface area (Å²) in [6, 6.07) is 0. The van der Waals surface area contributed by atoms with E-state index >= 15 is 0 Å². The Balaban J connectivity index is 1.90. The zero-order valence-corrected chi connectivity index (χ0v) is 8.38. The molecule has 1 saturated heterocycles. The summed E-state index contributed by atoms with van der Waals surface area (Å²) in [5, 5.41) is 8.89. The van der Waals surface area contributed by atoms with E-state index in [9.17, 15) is 4.79 Å². The van der Waals surface area contributed by atoms with Crippen LogP contribution in [0.3, 0.4) is 0 Å². The Labute approximate surface area is 84.0 Å². The largest absolute Gasteiger partial charge is 0.481 e. The lowest BCUT2D eigenvalue weighted by molar-refractivity contribution is -0.143. The molecule has 1 aliphatic heterocycles. The fraction of sp³-hybridized carbons (Fsp3) is 0.900. The number of carboxylic acid groups (broad SMARTS) is 1. The molecule has 0 bridgehead atoms. The molecule has 1 aliphatic carbocycles. The van der Waals surface area contributed by atoms with E-state index in [1.54, 1.807) is 0 Å². The van der Waals surface area contributed by atoms with E-state index in [-0.39, 0.29) is 11.5 Å². The zero-order valence-electron chi connectivity index (χ0n) is 8.38. The monoisotopic (exact) mass is 198 g/mol. The number of nitrogens with one attached hydrogen (secondary N) is 2. The molecule has 4 heteroatoms. The van der Waals surface area contributed by atoms with E-state index in [0.29, 0.717) is 0 Å². The summed E-state index contributed by atoms with van der Waals surface area (Å²) in [5.74, 6) is -0.729. The van der Waals surface area contributed by atoms with Gasteiger partial charge in [-0.1, -0.05) is 0 Å². The van der Waals surface area contributed by atoms with Gasteiger partial charge in [-0.2, -0.15) is 0 Å². The molecule has 3 N–H and O–H groups in total. The second kappa shape index (κ2) is 3.87. The molecular formula is C10H18N2O2. The van der Waals surface area contributed by atoms with Crippen molar-refractivity contribution in [1.82, 2.24) is 10.9 Å². The van der Waals surface area contributed by atoms with Crippen LogP contribution in [-0.2, 0) is 4.79 Å². The lowest BCUT2D eigenvalue weighted by atomic mass is 9.74. The Morgan fingerprint density at radius 3 is 2.50 bits per heavy atom. The molecule has 1 saturated carbocycles. The summed E-state index contributed by atoms with van der Waals surface area (Å²) < 4.78 is 0. The van der Waals surface area contributed by atoms with Gasteiger partial charge >= 0.3 is 5.97 Å². The van der Waals surface area contributed by atoms with Crippen LogP contribution in [0.25, 0.3) is 0 Å². The van der Waals surface area contributed by atoms with Gasteiger partial charge in [0.15, 0.2) is 0 Å². The topological polar surface area (TPSA) is 61.4 Å². The molecule has 0 unspecified atom stereocenters. The van der Waals surface area contributed by atoms with Crippen LogP contribution in [0.2, 0.25) is 0 Å². The van der Waals surface area contributed by atoms with Crippen LogP contribution in [0.1, 0.15) is 38.5 Å². The van der Waals surface area contributed by atoms with Gasteiger partial charge in [0.1, 0.15) is 0 Å². The summed E-state index contributed by atoms with van der Waals surface area (Å²) in [4.78, 5) is 10.8. The van der Waals surface area contributed by atoms with Gasteiger partial charge in [-0.05, 0) is 38.5 Å². The van der Waals surface area contributed by atoms with Crippen LogP contribution < -0.4 is 10.9 Å². The highest BCUT2D eigenvalue weighted by Crippen LogP contribution is 2.35. The van der Waals surface area contributed by atoms with E-state index in [1.807, 2.05) is 0 Å². The molecule has 1 spiro atoms. The van der Waals surface area contributed by atoms with Crippen molar-refractivity contribution in [3.63, 3.8) is 0 Å². The third kappa shape index (κ3) is 1.91. The van der Waals surface area contributed by atoms with E-state index < -0.39 is 5.97 Å². The SMILES string of the molecule is O=C(O)C1CCC2(CCCNN2)CC1. The highest BCUT2D eigenvalue weighted by molar-refractivity contribution is 5.70. The van der Waals surface area contributed by atoms with Gasteiger partial charge in [-0.3, -0.25) is 15.6 Å². The minimum atomic E-state index is -0.622. The van der Waals surface area contributed by atoms with Crippen LogP contribution in [-0.4, -0.2) is 23.2 Å². The van der Waals surface area contributed by atoms with Gasteiger partial charge in [0.05, 0.1) is 5.92 Å². The van der Waals surface area contributed by atoms with Gasteiger partial charge in [-0.15, -0.1) is 0 Å². The first kappa shape index (κ1) is 9.93. The molecule has 0 atom stereocenters. The summed E-state index contributed by atoms with van der Waals surface area (Å²) >= 11 is 0. The second-order valence-electron chi connectivity index (χ2n) is 4.55. The zero-order chi connectivity index (χ0) is 10.0. The maximum atomic E-state index is 10.8. The van der Waals surface area contributed by atoms with E-state index in [2.05, 4.69) is 10.9 Å². The molecule has 80 valence electrons. The Morgan fingerprint density at radius 1 is 1.29 bits per heavy atom. The number of hydrogen-bond donors (Lipinski definition) is 3. The molecular weight excluding hydrogens is 180 g/mol. The van der Waals surface area contributed by atoms with E-state index in [0.717, 1.165) is 32.2 Å². The van der Waals surface area contributed by atoms with Crippen molar-refractivity contribution in [1.29, 1.82) is 0 Å². The van der Waals surface area contributed by atoms with Gasteiger partial charge in [-0.25, -0.2) is 0 Å². The number of aliphatic carboxylic acids is 1. The highest BCUT2D eigenvalue weighted by atomic mass is 16.4. The van der Waals surface area contributed by atoms with Gasteiger partial charge in [0, 0.05) is 12.1 Å². The number of hydrazine groups is 1.